The van der Waals surface area contributed by atoms with Gasteiger partial charge in [-0.3, -0.25) is 0 Å². The Morgan fingerprint density at radius 1 is 1.10 bits per heavy atom. The standard InChI is InChI=1S/C24H21BrClNO2S/c1-2-29-24(28)13-8-18-14-20(30-16-17-6-4-3-5-7-17)10-12-22(18)27-23-11-9-19(26)15-21(23)25/h3-15,27H,2,16H2,1H3/b13-8+. The van der Waals surface area contributed by atoms with Gasteiger partial charge in [0, 0.05) is 31.9 Å². The summed E-state index contributed by atoms with van der Waals surface area (Å²) in [7, 11) is 0. The second-order valence-electron chi connectivity index (χ2n) is 6.36. The van der Waals surface area contributed by atoms with Crippen molar-refractivity contribution in [3.05, 3.63) is 93.4 Å². The number of ether oxygens (including phenoxy) is 1. The minimum absolute atomic E-state index is 0.346. The van der Waals surface area contributed by atoms with E-state index in [0.717, 1.165) is 32.1 Å². The van der Waals surface area contributed by atoms with Crippen LogP contribution in [0.15, 0.2) is 82.2 Å². The number of carbonyl (C=O) groups excluding carboxylic acids is 1. The van der Waals surface area contributed by atoms with E-state index in [-0.39, 0.29) is 5.97 Å². The summed E-state index contributed by atoms with van der Waals surface area (Å²) < 4.78 is 5.88. The topological polar surface area (TPSA) is 38.3 Å². The lowest BCUT2D eigenvalue weighted by Crippen LogP contribution is -1.99. The Bertz CT molecular complexity index is 1040. The predicted molar refractivity (Wildman–Crippen MR) is 131 cm³/mol. The SMILES string of the molecule is CCOC(=O)/C=C/c1cc(SCc2ccccc2)ccc1Nc1ccc(Cl)cc1Br. The number of carbonyl (C=O) groups is 1. The van der Waals surface area contributed by atoms with Crippen molar-refractivity contribution in [1.82, 2.24) is 0 Å². The van der Waals surface area contributed by atoms with E-state index < -0.39 is 0 Å². The van der Waals surface area contributed by atoms with Gasteiger partial charge < -0.3 is 10.1 Å². The first-order valence-corrected chi connectivity index (χ1v) is 11.6. The van der Waals surface area contributed by atoms with Crippen molar-refractivity contribution in [2.24, 2.45) is 0 Å². The molecule has 154 valence electrons. The monoisotopic (exact) mass is 501 g/mol. The maximum atomic E-state index is 11.8. The largest absolute Gasteiger partial charge is 0.463 e. The third-order valence-electron chi connectivity index (χ3n) is 4.16. The lowest BCUT2D eigenvalue weighted by Gasteiger charge is -2.13. The highest BCUT2D eigenvalue weighted by Gasteiger charge is 2.07. The molecule has 0 aliphatic carbocycles. The average Bonchev–Trinajstić information content (AvgIpc) is 2.74. The smallest absolute Gasteiger partial charge is 0.330 e. The Labute approximate surface area is 194 Å². The van der Waals surface area contributed by atoms with Gasteiger partial charge in [-0.2, -0.15) is 0 Å². The molecule has 0 fully saturated rings. The Balaban J connectivity index is 1.85. The molecule has 0 atom stereocenters. The molecule has 0 aliphatic heterocycles. The summed E-state index contributed by atoms with van der Waals surface area (Å²) in [5.74, 6) is 0.510. The zero-order valence-electron chi connectivity index (χ0n) is 16.4. The lowest BCUT2D eigenvalue weighted by molar-refractivity contribution is -0.137. The summed E-state index contributed by atoms with van der Waals surface area (Å²) in [5.41, 5.74) is 3.92. The number of halogens is 2. The molecule has 0 saturated heterocycles. The first-order valence-electron chi connectivity index (χ1n) is 9.43. The van der Waals surface area contributed by atoms with Crippen LogP contribution in [0.5, 0.6) is 0 Å². The molecule has 0 aromatic heterocycles. The van der Waals surface area contributed by atoms with Gasteiger partial charge >= 0.3 is 5.97 Å². The maximum absolute atomic E-state index is 11.8. The molecule has 30 heavy (non-hydrogen) atoms. The molecular formula is C24H21BrClNO2S. The van der Waals surface area contributed by atoms with E-state index in [4.69, 9.17) is 16.3 Å². The first-order chi connectivity index (χ1) is 14.5. The molecule has 3 rings (SSSR count). The minimum Gasteiger partial charge on any atom is -0.463 e. The summed E-state index contributed by atoms with van der Waals surface area (Å²) in [4.78, 5) is 12.9. The summed E-state index contributed by atoms with van der Waals surface area (Å²) in [6.07, 6.45) is 3.23. The van der Waals surface area contributed by atoms with Gasteiger partial charge in [-0.05, 0) is 76.5 Å². The average molecular weight is 503 g/mol. The van der Waals surface area contributed by atoms with E-state index in [1.54, 1.807) is 24.8 Å². The van der Waals surface area contributed by atoms with Crippen LogP contribution in [0.2, 0.25) is 5.02 Å². The zero-order valence-corrected chi connectivity index (χ0v) is 19.6. The predicted octanol–water partition coefficient (Wildman–Crippen LogP) is 7.71. The van der Waals surface area contributed by atoms with E-state index in [1.807, 2.05) is 42.5 Å². The highest BCUT2D eigenvalue weighted by atomic mass is 79.9. The normalized spacial score (nSPS) is 10.9. The number of nitrogens with one attached hydrogen (secondary N) is 1. The van der Waals surface area contributed by atoms with Gasteiger partial charge in [-0.25, -0.2) is 4.79 Å². The van der Waals surface area contributed by atoms with Gasteiger partial charge in [-0.1, -0.05) is 41.9 Å². The number of benzene rings is 3. The molecule has 0 amide bonds. The van der Waals surface area contributed by atoms with Crippen LogP contribution in [0.1, 0.15) is 18.1 Å². The molecule has 3 nitrogen and oxygen atoms in total. The van der Waals surface area contributed by atoms with Crippen LogP contribution < -0.4 is 5.32 Å². The second kappa shape index (κ2) is 11.3. The fraction of sp³-hybridized carbons (Fsp3) is 0.125. The highest BCUT2D eigenvalue weighted by molar-refractivity contribution is 9.10. The van der Waals surface area contributed by atoms with Crippen LogP contribution in [-0.4, -0.2) is 12.6 Å². The van der Waals surface area contributed by atoms with E-state index in [2.05, 4.69) is 45.5 Å². The van der Waals surface area contributed by atoms with Crippen molar-refractivity contribution >= 4 is 62.7 Å². The van der Waals surface area contributed by atoms with E-state index in [9.17, 15) is 4.79 Å². The summed E-state index contributed by atoms with van der Waals surface area (Å²) in [5, 5.41) is 4.06. The molecule has 0 heterocycles. The molecule has 0 unspecified atom stereocenters. The number of rotatable bonds is 8. The summed E-state index contributed by atoms with van der Waals surface area (Å²) in [6.45, 7) is 2.14. The van der Waals surface area contributed by atoms with Gasteiger partial charge in [-0.15, -0.1) is 11.8 Å². The van der Waals surface area contributed by atoms with Crippen LogP contribution in [0, 0.1) is 0 Å². The Kier molecular flexibility index (Phi) is 8.43. The van der Waals surface area contributed by atoms with Crippen molar-refractivity contribution in [3.63, 3.8) is 0 Å². The first kappa shape index (κ1) is 22.5. The highest BCUT2D eigenvalue weighted by Crippen LogP contribution is 2.33. The van der Waals surface area contributed by atoms with Gasteiger partial charge in [0.05, 0.1) is 12.3 Å². The van der Waals surface area contributed by atoms with Gasteiger partial charge in [0.2, 0.25) is 0 Å². The van der Waals surface area contributed by atoms with Gasteiger partial charge in [0.15, 0.2) is 0 Å². The van der Waals surface area contributed by atoms with E-state index >= 15 is 0 Å². The van der Waals surface area contributed by atoms with Crippen LogP contribution in [0.25, 0.3) is 6.08 Å². The number of anilines is 2. The zero-order chi connectivity index (χ0) is 21.3. The fourth-order valence-corrected chi connectivity index (χ4v) is 4.39. The minimum atomic E-state index is -0.363. The molecule has 3 aromatic carbocycles. The molecular weight excluding hydrogens is 482 g/mol. The van der Waals surface area contributed by atoms with Crippen LogP contribution >= 0.6 is 39.3 Å². The fourth-order valence-electron chi connectivity index (χ4n) is 2.71. The lowest BCUT2D eigenvalue weighted by atomic mass is 10.1. The van der Waals surface area contributed by atoms with Gasteiger partial charge in [0.1, 0.15) is 0 Å². The van der Waals surface area contributed by atoms with Crippen molar-refractivity contribution in [1.29, 1.82) is 0 Å². The van der Waals surface area contributed by atoms with E-state index in [1.165, 1.54) is 11.6 Å². The third-order valence-corrected chi connectivity index (χ3v) is 6.11. The third kappa shape index (κ3) is 6.66. The van der Waals surface area contributed by atoms with E-state index in [0.29, 0.717) is 11.6 Å². The van der Waals surface area contributed by atoms with Crippen molar-refractivity contribution in [2.45, 2.75) is 17.6 Å². The molecule has 0 radical (unpaired) electrons. The molecule has 0 aliphatic rings. The molecule has 0 spiro atoms. The van der Waals surface area contributed by atoms with Crippen molar-refractivity contribution in [3.8, 4) is 0 Å². The maximum Gasteiger partial charge on any atom is 0.330 e. The van der Waals surface area contributed by atoms with Crippen molar-refractivity contribution < 1.29 is 9.53 Å². The van der Waals surface area contributed by atoms with Crippen molar-refractivity contribution in [2.75, 3.05) is 11.9 Å². The van der Waals surface area contributed by atoms with Crippen LogP contribution in [-0.2, 0) is 15.3 Å². The number of hydrogen-bond acceptors (Lipinski definition) is 4. The Morgan fingerprint density at radius 3 is 2.60 bits per heavy atom. The summed E-state index contributed by atoms with van der Waals surface area (Å²) in [6, 6.07) is 22.0. The number of hydrogen-bond donors (Lipinski definition) is 1. The quantitative estimate of drug-likeness (QED) is 0.194. The Morgan fingerprint density at radius 2 is 1.87 bits per heavy atom. The molecule has 6 heteroatoms. The van der Waals surface area contributed by atoms with Crippen LogP contribution in [0.4, 0.5) is 11.4 Å². The molecule has 0 saturated carbocycles. The number of esters is 1. The molecule has 1 N–H and O–H groups in total. The van der Waals surface area contributed by atoms with Gasteiger partial charge in [0.25, 0.3) is 0 Å². The second-order valence-corrected chi connectivity index (χ2v) is 8.70. The Hall–Kier alpha value is -2.21. The molecule has 3 aromatic rings. The molecule has 0 bridgehead atoms. The summed E-state index contributed by atoms with van der Waals surface area (Å²) >= 11 is 11.3. The number of thioether (sulfide) groups is 1. The van der Waals surface area contributed by atoms with Crippen LogP contribution in [0.3, 0.4) is 0 Å².